The number of carbonyl (C=O) groups is 1. The van der Waals surface area contributed by atoms with Crippen molar-refractivity contribution >= 4 is 5.91 Å². The minimum atomic E-state index is -0.0648. The quantitative estimate of drug-likeness (QED) is 0.924. The van der Waals surface area contributed by atoms with Crippen molar-refractivity contribution in [2.75, 3.05) is 13.3 Å². The predicted octanol–water partition coefficient (Wildman–Crippen LogP) is 2.27. The summed E-state index contributed by atoms with van der Waals surface area (Å²) < 4.78 is 16.7. The zero-order chi connectivity index (χ0) is 14.8. The van der Waals surface area contributed by atoms with E-state index in [2.05, 4.69) is 19.2 Å². The first-order valence-electron chi connectivity index (χ1n) is 7.47. The van der Waals surface area contributed by atoms with Crippen LogP contribution in [0.25, 0.3) is 0 Å². The van der Waals surface area contributed by atoms with E-state index in [0.29, 0.717) is 18.9 Å². The molecule has 1 aromatic rings. The second-order valence-corrected chi connectivity index (χ2v) is 5.99. The van der Waals surface area contributed by atoms with Gasteiger partial charge >= 0.3 is 0 Å². The van der Waals surface area contributed by atoms with Gasteiger partial charge in [-0.15, -0.1) is 0 Å². The van der Waals surface area contributed by atoms with Crippen LogP contribution < -0.4 is 19.5 Å². The molecule has 21 heavy (non-hydrogen) atoms. The van der Waals surface area contributed by atoms with Crippen molar-refractivity contribution in [3.8, 4) is 17.2 Å². The second kappa shape index (κ2) is 5.84. The van der Waals surface area contributed by atoms with Crippen molar-refractivity contribution in [2.45, 2.75) is 39.2 Å². The van der Waals surface area contributed by atoms with Crippen LogP contribution in [0.2, 0.25) is 0 Å². The molecular weight excluding hydrogens is 270 g/mol. The van der Waals surface area contributed by atoms with Crippen molar-refractivity contribution < 1.29 is 19.0 Å². The minimum Gasteiger partial charge on any atom is -0.489 e. The molecule has 0 spiro atoms. The molecule has 114 valence electrons. The van der Waals surface area contributed by atoms with E-state index in [4.69, 9.17) is 14.2 Å². The van der Waals surface area contributed by atoms with E-state index in [9.17, 15) is 4.79 Å². The highest BCUT2D eigenvalue weighted by molar-refractivity contribution is 5.76. The van der Waals surface area contributed by atoms with Gasteiger partial charge in [-0.2, -0.15) is 0 Å². The third-order valence-corrected chi connectivity index (χ3v) is 3.71. The second-order valence-electron chi connectivity index (χ2n) is 5.99. The van der Waals surface area contributed by atoms with Crippen LogP contribution in [-0.2, 0) is 11.2 Å². The average Bonchev–Trinajstić information content (AvgIpc) is 2.89. The number of fused-ring (bicyclic) bond motifs is 2. The zero-order valence-electron chi connectivity index (χ0n) is 12.5. The van der Waals surface area contributed by atoms with Crippen molar-refractivity contribution in [3.05, 3.63) is 17.7 Å². The third kappa shape index (κ3) is 3.23. The van der Waals surface area contributed by atoms with Crippen LogP contribution >= 0.6 is 0 Å². The fourth-order valence-electron chi connectivity index (χ4n) is 2.57. The summed E-state index contributed by atoms with van der Waals surface area (Å²) in [6, 6.07) is 3.85. The molecule has 2 aliphatic heterocycles. The highest BCUT2D eigenvalue weighted by Crippen LogP contribution is 2.41. The molecule has 0 saturated carbocycles. The summed E-state index contributed by atoms with van der Waals surface area (Å²) in [5, 5.41) is 2.93. The molecule has 5 heteroatoms. The van der Waals surface area contributed by atoms with E-state index in [-0.39, 0.29) is 18.8 Å². The van der Waals surface area contributed by atoms with Gasteiger partial charge in [0.25, 0.3) is 0 Å². The molecule has 0 aliphatic carbocycles. The molecule has 3 rings (SSSR count). The number of ether oxygens (including phenoxy) is 3. The monoisotopic (exact) mass is 291 g/mol. The summed E-state index contributed by atoms with van der Waals surface area (Å²) >= 11 is 0. The van der Waals surface area contributed by atoms with Gasteiger partial charge in [0, 0.05) is 12.6 Å². The Labute approximate surface area is 124 Å². The Hall–Kier alpha value is -1.91. The molecule has 0 unspecified atom stereocenters. The lowest BCUT2D eigenvalue weighted by molar-refractivity contribution is -0.123. The smallest absolute Gasteiger partial charge is 0.231 e. The molecule has 0 fully saturated rings. The van der Waals surface area contributed by atoms with Crippen LogP contribution in [0.15, 0.2) is 12.1 Å². The van der Waals surface area contributed by atoms with Gasteiger partial charge in [0.05, 0.1) is 6.42 Å². The minimum absolute atomic E-state index is 0.0536. The average molecular weight is 291 g/mol. The number of aryl methyl sites for hydroxylation is 1. The highest BCUT2D eigenvalue weighted by atomic mass is 16.7. The SMILES string of the molecule is CC(C)CNC(=O)C[C@@H]1CCc2cc3c(cc2O1)OCO3. The van der Waals surface area contributed by atoms with Gasteiger partial charge < -0.3 is 19.5 Å². The summed E-state index contributed by atoms with van der Waals surface area (Å²) in [5.41, 5.74) is 1.12. The Morgan fingerprint density at radius 3 is 2.81 bits per heavy atom. The van der Waals surface area contributed by atoms with Crippen LogP contribution in [-0.4, -0.2) is 25.3 Å². The molecule has 2 heterocycles. The van der Waals surface area contributed by atoms with Crippen LogP contribution in [0, 0.1) is 5.92 Å². The number of nitrogens with one attached hydrogen (secondary N) is 1. The van der Waals surface area contributed by atoms with Gasteiger partial charge in [0.2, 0.25) is 12.7 Å². The summed E-state index contributed by atoms with van der Waals surface area (Å²) in [6.45, 7) is 5.13. The van der Waals surface area contributed by atoms with Gasteiger partial charge in [-0.25, -0.2) is 0 Å². The number of hydrogen-bond donors (Lipinski definition) is 1. The number of amides is 1. The van der Waals surface area contributed by atoms with E-state index in [0.717, 1.165) is 35.7 Å². The number of benzene rings is 1. The topological polar surface area (TPSA) is 56.8 Å². The zero-order valence-corrected chi connectivity index (χ0v) is 12.5. The van der Waals surface area contributed by atoms with Crippen LogP contribution in [0.5, 0.6) is 17.2 Å². The van der Waals surface area contributed by atoms with Gasteiger partial charge in [-0.05, 0) is 30.4 Å². The Kier molecular flexibility index (Phi) is 3.90. The first-order chi connectivity index (χ1) is 10.1. The first-order valence-corrected chi connectivity index (χ1v) is 7.47. The fraction of sp³-hybridized carbons (Fsp3) is 0.562. The summed E-state index contributed by atoms with van der Waals surface area (Å²) in [4.78, 5) is 11.9. The lowest BCUT2D eigenvalue weighted by atomic mass is 9.99. The number of rotatable bonds is 4. The molecule has 0 aromatic heterocycles. The van der Waals surface area contributed by atoms with Crippen LogP contribution in [0.4, 0.5) is 0 Å². The Bertz CT molecular complexity index is 541. The Balaban J connectivity index is 1.61. The highest BCUT2D eigenvalue weighted by Gasteiger charge is 2.26. The maximum atomic E-state index is 11.9. The lowest BCUT2D eigenvalue weighted by Gasteiger charge is -2.26. The van der Waals surface area contributed by atoms with Crippen molar-refractivity contribution in [2.24, 2.45) is 5.92 Å². The van der Waals surface area contributed by atoms with Crippen molar-refractivity contribution in [1.82, 2.24) is 5.32 Å². The number of carbonyl (C=O) groups excluding carboxylic acids is 1. The van der Waals surface area contributed by atoms with E-state index < -0.39 is 0 Å². The molecule has 1 N–H and O–H groups in total. The van der Waals surface area contributed by atoms with Crippen molar-refractivity contribution in [1.29, 1.82) is 0 Å². The summed E-state index contributed by atoms with van der Waals surface area (Å²) in [5.74, 6) is 2.83. The molecule has 2 aliphatic rings. The standard InChI is InChI=1S/C16H21NO4/c1-10(2)8-17-16(18)6-12-4-3-11-5-14-15(20-9-19-14)7-13(11)21-12/h5,7,10,12H,3-4,6,8-9H2,1-2H3,(H,17,18)/t12-/m0/s1. The lowest BCUT2D eigenvalue weighted by Crippen LogP contribution is -2.33. The Morgan fingerprint density at radius 1 is 1.29 bits per heavy atom. The first kappa shape index (κ1) is 14.0. The van der Waals surface area contributed by atoms with Gasteiger partial charge in [0.15, 0.2) is 11.5 Å². The Morgan fingerprint density at radius 2 is 2.05 bits per heavy atom. The molecule has 1 atom stereocenters. The van der Waals surface area contributed by atoms with Crippen molar-refractivity contribution in [3.63, 3.8) is 0 Å². The molecule has 1 amide bonds. The molecule has 5 nitrogen and oxygen atoms in total. The molecular formula is C16H21NO4. The van der Waals surface area contributed by atoms with E-state index in [1.807, 2.05) is 12.1 Å². The maximum Gasteiger partial charge on any atom is 0.231 e. The van der Waals surface area contributed by atoms with Gasteiger partial charge in [-0.1, -0.05) is 13.8 Å². The third-order valence-electron chi connectivity index (χ3n) is 3.71. The van der Waals surface area contributed by atoms with Gasteiger partial charge in [0.1, 0.15) is 11.9 Å². The summed E-state index contributed by atoms with van der Waals surface area (Å²) in [7, 11) is 0. The van der Waals surface area contributed by atoms with Crippen LogP contribution in [0.1, 0.15) is 32.3 Å². The number of hydrogen-bond acceptors (Lipinski definition) is 4. The molecule has 1 aromatic carbocycles. The van der Waals surface area contributed by atoms with E-state index >= 15 is 0 Å². The van der Waals surface area contributed by atoms with E-state index in [1.165, 1.54) is 0 Å². The van der Waals surface area contributed by atoms with E-state index in [1.54, 1.807) is 0 Å². The predicted molar refractivity (Wildman–Crippen MR) is 77.8 cm³/mol. The normalized spacial score (nSPS) is 19.1. The molecule has 0 bridgehead atoms. The maximum absolute atomic E-state index is 11.9. The largest absolute Gasteiger partial charge is 0.489 e. The van der Waals surface area contributed by atoms with Gasteiger partial charge in [-0.3, -0.25) is 4.79 Å². The molecule has 0 radical (unpaired) electrons. The fourth-order valence-corrected chi connectivity index (χ4v) is 2.57. The summed E-state index contributed by atoms with van der Waals surface area (Å²) in [6.07, 6.45) is 2.08. The molecule has 0 saturated heterocycles. The van der Waals surface area contributed by atoms with Crippen LogP contribution in [0.3, 0.4) is 0 Å².